The van der Waals surface area contributed by atoms with E-state index in [2.05, 4.69) is 43.4 Å². The number of sulfonamides is 1. The van der Waals surface area contributed by atoms with Crippen molar-refractivity contribution in [2.75, 3.05) is 20.1 Å². The van der Waals surface area contributed by atoms with E-state index in [9.17, 15) is 18.3 Å². The first-order chi connectivity index (χ1) is 19.3. The van der Waals surface area contributed by atoms with Crippen molar-refractivity contribution in [3.05, 3.63) is 89.0 Å². The third kappa shape index (κ3) is 8.04. The number of hydrogen-bond acceptors (Lipinski definition) is 5. The number of rotatable bonds is 13. The summed E-state index contributed by atoms with van der Waals surface area (Å²) >= 11 is 0. The van der Waals surface area contributed by atoms with Crippen molar-refractivity contribution < 1.29 is 23.4 Å². The van der Waals surface area contributed by atoms with Crippen molar-refractivity contribution >= 4 is 16.0 Å². The molecule has 1 atom stereocenters. The lowest BCUT2D eigenvalue weighted by atomic mass is 9.88. The maximum atomic E-state index is 13.4. The summed E-state index contributed by atoms with van der Waals surface area (Å²) in [6.07, 6.45) is 2.74. The van der Waals surface area contributed by atoms with Gasteiger partial charge in [0.25, 0.3) is 0 Å². The lowest BCUT2D eigenvalue weighted by Gasteiger charge is -2.31. The van der Waals surface area contributed by atoms with E-state index in [4.69, 9.17) is 5.11 Å². The molecule has 1 aliphatic rings. The molecule has 3 aromatic carbocycles. The monoisotopic (exact) mass is 578 g/mol. The van der Waals surface area contributed by atoms with E-state index in [1.165, 1.54) is 22.5 Å². The van der Waals surface area contributed by atoms with Gasteiger partial charge in [0, 0.05) is 32.1 Å². The minimum atomic E-state index is -3.81. The fourth-order valence-corrected chi connectivity index (χ4v) is 7.30. The first-order valence-corrected chi connectivity index (χ1v) is 15.7. The summed E-state index contributed by atoms with van der Waals surface area (Å²) in [5.41, 5.74) is 5.94. The van der Waals surface area contributed by atoms with Crippen LogP contribution >= 0.6 is 0 Å². The summed E-state index contributed by atoms with van der Waals surface area (Å²) in [6, 6.07) is 21.4. The van der Waals surface area contributed by atoms with Gasteiger partial charge in [0.05, 0.1) is 11.0 Å². The third-order valence-electron chi connectivity index (χ3n) is 7.97. The van der Waals surface area contributed by atoms with Gasteiger partial charge in [-0.15, -0.1) is 0 Å². The van der Waals surface area contributed by atoms with E-state index in [0.29, 0.717) is 24.4 Å². The molecular formula is C33H42N2O5S. The van der Waals surface area contributed by atoms with Crippen LogP contribution in [0.4, 0.5) is 0 Å². The largest absolute Gasteiger partial charge is 0.481 e. The van der Waals surface area contributed by atoms with Gasteiger partial charge in [-0.2, -0.15) is 4.31 Å². The maximum Gasteiger partial charge on any atom is 0.303 e. The molecule has 0 radical (unpaired) electrons. The van der Waals surface area contributed by atoms with Crippen LogP contribution in [0.1, 0.15) is 48.9 Å². The highest BCUT2D eigenvalue weighted by Gasteiger charge is 2.30. The van der Waals surface area contributed by atoms with Gasteiger partial charge in [-0.3, -0.25) is 4.79 Å². The number of β-amino-alcohol motifs (C(OH)–C–C–N with tert-alkyl or cyclic N) is 1. The Balaban J connectivity index is 1.34. The van der Waals surface area contributed by atoms with Gasteiger partial charge in [0.1, 0.15) is 0 Å². The smallest absolute Gasteiger partial charge is 0.303 e. The van der Waals surface area contributed by atoms with Crippen molar-refractivity contribution in [3.63, 3.8) is 0 Å². The van der Waals surface area contributed by atoms with Crippen molar-refractivity contribution in [2.45, 2.75) is 69.4 Å². The molecule has 3 aromatic rings. The average Bonchev–Trinajstić information content (AvgIpc) is 3.32. The second kappa shape index (κ2) is 12.9. The van der Waals surface area contributed by atoms with Gasteiger partial charge in [0.15, 0.2) is 0 Å². The van der Waals surface area contributed by atoms with Gasteiger partial charge in [0.2, 0.25) is 10.0 Å². The lowest BCUT2D eigenvalue weighted by Crippen LogP contribution is -2.47. The predicted molar refractivity (Wildman–Crippen MR) is 162 cm³/mol. The van der Waals surface area contributed by atoms with Crippen molar-refractivity contribution in [1.82, 2.24) is 9.62 Å². The molecule has 0 unspecified atom stereocenters. The molecule has 0 bridgehead atoms. The Morgan fingerprint density at radius 1 is 1.02 bits per heavy atom. The predicted octanol–water partition coefficient (Wildman–Crippen LogP) is 4.83. The van der Waals surface area contributed by atoms with Gasteiger partial charge in [-0.1, -0.05) is 60.7 Å². The molecule has 1 aliphatic carbocycles. The molecular weight excluding hydrogens is 536 g/mol. The quantitative estimate of drug-likeness (QED) is 0.268. The summed E-state index contributed by atoms with van der Waals surface area (Å²) in [4.78, 5) is 11.1. The Morgan fingerprint density at radius 3 is 2.32 bits per heavy atom. The van der Waals surface area contributed by atoms with E-state index < -0.39 is 22.1 Å². The molecule has 4 rings (SSSR count). The molecule has 220 valence electrons. The topological polar surface area (TPSA) is 107 Å². The SMILES string of the molecule is Cc1cc(-c2cccc(CCC(=O)O)c2)ccc1S(=O)(=O)N(C)C[C@H](O)CNC(C)(C)CC1Cc2ccccc2C1. The Hall–Kier alpha value is -3.04. The number of aliphatic carboxylic acids is 1. The third-order valence-corrected chi connectivity index (χ3v) is 9.95. The summed E-state index contributed by atoms with van der Waals surface area (Å²) < 4.78 is 28.1. The number of carbonyl (C=O) groups is 1. The van der Waals surface area contributed by atoms with E-state index in [0.717, 1.165) is 36.0 Å². The summed E-state index contributed by atoms with van der Waals surface area (Å²) in [5.74, 6) is -0.293. The molecule has 0 aliphatic heterocycles. The molecule has 0 fully saturated rings. The minimum Gasteiger partial charge on any atom is -0.481 e. The highest BCUT2D eigenvalue weighted by Crippen LogP contribution is 2.32. The van der Waals surface area contributed by atoms with Crippen molar-refractivity contribution in [3.8, 4) is 11.1 Å². The number of fused-ring (bicyclic) bond motifs is 1. The fourth-order valence-electron chi connectivity index (χ4n) is 5.89. The lowest BCUT2D eigenvalue weighted by molar-refractivity contribution is -0.136. The molecule has 8 heteroatoms. The van der Waals surface area contributed by atoms with Crippen LogP contribution in [-0.4, -0.2) is 60.7 Å². The Labute approximate surface area is 244 Å². The van der Waals surface area contributed by atoms with E-state index in [-0.39, 0.29) is 23.4 Å². The van der Waals surface area contributed by atoms with Crippen LogP contribution in [0.2, 0.25) is 0 Å². The number of benzene rings is 3. The molecule has 0 aromatic heterocycles. The minimum absolute atomic E-state index is 0.0207. The Bertz CT molecular complexity index is 1460. The first kappa shape index (κ1) is 30.9. The summed E-state index contributed by atoms with van der Waals surface area (Å²) in [7, 11) is -2.31. The number of hydrogen-bond donors (Lipinski definition) is 3. The molecule has 0 heterocycles. The number of aliphatic hydroxyl groups is 1. The van der Waals surface area contributed by atoms with Crippen LogP contribution in [0.5, 0.6) is 0 Å². The maximum absolute atomic E-state index is 13.4. The molecule has 7 nitrogen and oxygen atoms in total. The van der Waals surface area contributed by atoms with Crippen LogP contribution in [0, 0.1) is 12.8 Å². The highest BCUT2D eigenvalue weighted by molar-refractivity contribution is 7.89. The Morgan fingerprint density at radius 2 is 1.68 bits per heavy atom. The van der Waals surface area contributed by atoms with Crippen LogP contribution in [0.15, 0.2) is 71.6 Å². The molecule has 0 spiro atoms. The zero-order valence-corrected chi connectivity index (χ0v) is 25.2. The molecule has 0 saturated heterocycles. The molecule has 41 heavy (non-hydrogen) atoms. The van der Waals surface area contributed by atoms with Gasteiger partial charge < -0.3 is 15.5 Å². The molecule has 3 N–H and O–H groups in total. The van der Waals surface area contributed by atoms with Crippen molar-refractivity contribution in [1.29, 1.82) is 0 Å². The number of likely N-dealkylation sites (N-methyl/N-ethyl adjacent to an activating group) is 1. The molecule has 0 amide bonds. The zero-order valence-electron chi connectivity index (χ0n) is 24.4. The van der Waals surface area contributed by atoms with Gasteiger partial charge in [-0.05, 0) is 91.8 Å². The van der Waals surface area contributed by atoms with Crippen LogP contribution in [-0.2, 0) is 34.1 Å². The number of nitrogens with zero attached hydrogens (tertiary/aromatic N) is 1. The first-order valence-electron chi connectivity index (χ1n) is 14.2. The summed E-state index contributed by atoms with van der Waals surface area (Å²) in [5, 5.41) is 23.2. The number of aryl methyl sites for hydroxylation is 2. The standard InChI is InChI=1S/C33H42N2O5S/c1-23-16-29(28-11-7-8-24(17-28)12-15-32(37)38)13-14-31(23)41(39,40)35(4)22-30(36)21-34-33(2,3)20-25-18-26-9-5-6-10-27(26)19-25/h5-11,13-14,16-17,25,30,34,36H,12,15,18-22H2,1-4H3,(H,37,38)/t30-/m1/s1. The highest BCUT2D eigenvalue weighted by atomic mass is 32.2. The Kier molecular flexibility index (Phi) is 9.70. The summed E-state index contributed by atoms with van der Waals surface area (Å²) in [6.45, 7) is 6.31. The van der Waals surface area contributed by atoms with E-state index >= 15 is 0 Å². The number of carboxylic acids is 1. The zero-order chi connectivity index (χ0) is 29.8. The average molecular weight is 579 g/mol. The number of carboxylic acid groups (broad SMARTS) is 1. The van der Waals surface area contributed by atoms with E-state index in [1.54, 1.807) is 19.1 Å². The van der Waals surface area contributed by atoms with Crippen LogP contribution in [0.3, 0.4) is 0 Å². The second-order valence-corrected chi connectivity index (χ2v) is 14.0. The number of aliphatic hydroxyl groups excluding tert-OH is 1. The van der Waals surface area contributed by atoms with Crippen LogP contribution in [0.25, 0.3) is 11.1 Å². The van der Waals surface area contributed by atoms with E-state index in [1.807, 2.05) is 30.3 Å². The fraction of sp³-hybridized carbons (Fsp3) is 0.424. The second-order valence-electron chi connectivity index (χ2n) is 12.0. The molecule has 0 saturated carbocycles. The van der Waals surface area contributed by atoms with Crippen molar-refractivity contribution in [2.24, 2.45) is 5.92 Å². The van der Waals surface area contributed by atoms with Gasteiger partial charge >= 0.3 is 5.97 Å². The van der Waals surface area contributed by atoms with Gasteiger partial charge in [-0.25, -0.2) is 8.42 Å². The normalized spacial score (nSPS) is 14.8. The number of nitrogens with one attached hydrogen (secondary N) is 1. The van der Waals surface area contributed by atoms with Crippen LogP contribution < -0.4 is 5.32 Å².